The molecule has 24 heavy (non-hydrogen) atoms. The normalized spacial score (nSPS) is 35.5. The Morgan fingerprint density at radius 2 is 1.54 bits per heavy atom. The number of aliphatic imine (C=N–C) groups is 1. The Morgan fingerprint density at radius 1 is 0.917 bits per heavy atom. The summed E-state index contributed by atoms with van der Waals surface area (Å²) in [7, 11) is 0. The molecule has 1 fully saturated rings. The fourth-order valence-electron chi connectivity index (χ4n) is 4.52. The molecule has 2 heterocycles. The Kier molecular flexibility index (Phi) is 2.29. The van der Waals surface area contributed by atoms with Crippen LogP contribution in [0.3, 0.4) is 0 Å². The average molecular weight is 319 g/mol. The second-order valence-corrected chi connectivity index (χ2v) is 6.95. The highest BCUT2D eigenvalue weighted by Gasteiger charge is 2.81. The minimum absolute atomic E-state index is 0.0428. The van der Waals surface area contributed by atoms with Crippen molar-refractivity contribution < 1.29 is 14.3 Å². The van der Waals surface area contributed by atoms with E-state index in [1.807, 2.05) is 62.4 Å². The van der Waals surface area contributed by atoms with Crippen LogP contribution in [0.4, 0.5) is 0 Å². The number of hydrogen-bond acceptors (Lipinski definition) is 4. The topological polar surface area (TPSA) is 47.9 Å². The van der Waals surface area contributed by atoms with Crippen molar-refractivity contribution in [3.05, 3.63) is 59.7 Å². The molecule has 1 aliphatic carbocycles. The van der Waals surface area contributed by atoms with Crippen LogP contribution in [0.1, 0.15) is 36.7 Å². The molecule has 0 radical (unpaired) electrons. The minimum atomic E-state index is -1.13. The summed E-state index contributed by atoms with van der Waals surface area (Å²) >= 11 is 0. The Labute approximate surface area is 140 Å². The molecule has 0 bridgehead atoms. The molecule has 2 aromatic carbocycles. The molecule has 120 valence electrons. The van der Waals surface area contributed by atoms with E-state index in [0.717, 1.165) is 16.7 Å². The van der Waals surface area contributed by atoms with Crippen molar-refractivity contribution in [3.63, 3.8) is 0 Å². The second kappa shape index (κ2) is 3.95. The maximum Gasteiger partial charge on any atom is 0.239 e. The van der Waals surface area contributed by atoms with Crippen LogP contribution in [0.25, 0.3) is 11.1 Å². The summed E-state index contributed by atoms with van der Waals surface area (Å²) in [4.78, 5) is 18.2. The largest absolute Gasteiger partial charge is 0.447 e. The third kappa shape index (κ3) is 1.24. The van der Waals surface area contributed by atoms with E-state index in [2.05, 4.69) is 0 Å². The molecule has 5 rings (SSSR count). The lowest BCUT2D eigenvalue weighted by Gasteiger charge is -2.61. The third-order valence-corrected chi connectivity index (χ3v) is 5.73. The number of Topliss-reactive ketones (excluding diaryl/α,β-unsaturated/α-hetero) is 1. The van der Waals surface area contributed by atoms with E-state index in [-0.39, 0.29) is 5.78 Å². The Balaban J connectivity index is 1.85. The molecule has 4 heteroatoms. The van der Waals surface area contributed by atoms with Gasteiger partial charge in [-0.25, -0.2) is 4.99 Å². The highest BCUT2D eigenvalue weighted by molar-refractivity contribution is 6.14. The van der Waals surface area contributed by atoms with Crippen LogP contribution >= 0.6 is 0 Å². The lowest BCUT2D eigenvalue weighted by molar-refractivity contribution is -0.373. The van der Waals surface area contributed by atoms with Gasteiger partial charge in [0.25, 0.3) is 0 Å². The van der Waals surface area contributed by atoms with E-state index < -0.39 is 16.9 Å². The average Bonchev–Trinajstić information content (AvgIpc) is 2.75. The van der Waals surface area contributed by atoms with Crippen molar-refractivity contribution in [2.24, 2.45) is 4.99 Å². The Hall–Kier alpha value is -2.46. The number of hydrogen-bond donors (Lipinski definition) is 0. The van der Waals surface area contributed by atoms with Gasteiger partial charge in [-0.3, -0.25) is 4.79 Å². The molecule has 3 unspecified atom stereocenters. The van der Waals surface area contributed by atoms with Crippen LogP contribution in [0.5, 0.6) is 0 Å². The summed E-state index contributed by atoms with van der Waals surface area (Å²) < 4.78 is 12.1. The fourth-order valence-corrected chi connectivity index (χ4v) is 4.52. The van der Waals surface area contributed by atoms with Crippen LogP contribution in [-0.2, 0) is 15.1 Å². The van der Waals surface area contributed by atoms with E-state index in [9.17, 15) is 4.79 Å². The molecule has 0 aromatic heterocycles. The monoisotopic (exact) mass is 319 g/mol. The van der Waals surface area contributed by atoms with Crippen molar-refractivity contribution in [1.82, 2.24) is 0 Å². The van der Waals surface area contributed by atoms with Crippen LogP contribution in [0.2, 0.25) is 0 Å². The van der Waals surface area contributed by atoms with Gasteiger partial charge in [-0.05, 0) is 18.1 Å². The Bertz CT molecular complexity index is 949. The lowest BCUT2D eigenvalue weighted by atomic mass is 9.59. The maximum absolute atomic E-state index is 13.5. The van der Waals surface area contributed by atoms with E-state index in [1.165, 1.54) is 0 Å². The predicted octanol–water partition coefficient (Wildman–Crippen LogP) is 3.70. The van der Waals surface area contributed by atoms with Gasteiger partial charge >= 0.3 is 0 Å². The first-order valence-electron chi connectivity index (χ1n) is 8.12. The molecule has 1 spiro atoms. The van der Waals surface area contributed by atoms with Gasteiger partial charge < -0.3 is 9.47 Å². The zero-order valence-corrected chi connectivity index (χ0v) is 13.8. The molecule has 2 aliphatic heterocycles. The van der Waals surface area contributed by atoms with Gasteiger partial charge in [0.15, 0.2) is 17.0 Å². The number of ketones is 1. The van der Waals surface area contributed by atoms with Gasteiger partial charge in [0.05, 0.1) is 0 Å². The van der Waals surface area contributed by atoms with Crippen molar-refractivity contribution in [2.45, 2.75) is 37.7 Å². The highest BCUT2D eigenvalue weighted by Crippen LogP contribution is 2.65. The van der Waals surface area contributed by atoms with Crippen molar-refractivity contribution >= 4 is 11.7 Å². The minimum Gasteiger partial charge on any atom is -0.447 e. The van der Waals surface area contributed by atoms with Gasteiger partial charge in [0.1, 0.15) is 0 Å². The summed E-state index contributed by atoms with van der Waals surface area (Å²) in [5.41, 5.74) is 1.60. The first-order chi connectivity index (χ1) is 11.4. The van der Waals surface area contributed by atoms with Gasteiger partial charge in [-0.15, -0.1) is 0 Å². The Morgan fingerprint density at radius 3 is 2.25 bits per heavy atom. The maximum atomic E-state index is 13.5. The van der Waals surface area contributed by atoms with Crippen molar-refractivity contribution in [2.75, 3.05) is 0 Å². The zero-order chi connectivity index (χ0) is 16.7. The molecule has 0 amide bonds. The summed E-state index contributed by atoms with van der Waals surface area (Å²) in [6, 6.07) is 15.6. The quantitative estimate of drug-likeness (QED) is 0.744. The summed E-state index contributed by atoms with van der Waals surface area (Å²) in [6.45, 7) is 5.61. The smallest absolute Gasteiger partial charge is 0.239 e. The van der Waals surface area contributed by atoms with Crippen molar-refractivity contribution in [1.29, 1.82) is 0 Å². The number of carbonyl (C=O) groups is 1. The van der Waals surface area contributed by atoms with Crippen LogP contribution in [0, 0.1) is 0 Å². The van der Waals surface area contributed by atoms with Crippen LogP contribution < -0.4 is 0 Å². The summed E-state index contributed by atoms with van der Waals surface area (Å²) in [5.74, 6) is -0.397. The molecule has 0 saturated carbocycles. The molecular formula is C20H17NO3. The number of ether oxygens (including phenoxy) is 2. The summed E-state index contributed by atoms with van der Waals surface area (Å²) in [5, 5.41) is 0. The molecule has 0 N–H and O–H groups in total. The fraction of sp³-hybridized carbons (Fsp3) is 0.300. The predicted molar refractivity (Wildman–Crippen MR) is 90.0 cm³/mol. The van der Waals surface area contributed by atoms with Gasteiger partial charge in [-0.1, -0.05) is 48.5 Å². The molecular weight excluding hydrogens is 302 g/mol. The highest BCUT2D eigenvalue weighted by atomic mass is 16.8. The van der Waals surface area contributed by atoms with Crippen molar-refractivity contribution in [3.8, 4) is 11.1 Å². The number of nitrogens with zero attached hydrogens (tertiary/aromatic N) is 1. The van der Waals surface area contributed by atoms with E-state index in [0.29, 0.717) is 11.5 Å². The SMILES string of the molecule is CC1=NC2(C)C(C)(O1)OC21C(=O)c2ccccc2-c2ccccc21. The second-order valence-electron chi connectivity index (χ2n) is 6.95. The molecule has 3 aliphatic rings. The van der Waals surface area contributed by atoms with E-state index in [4.69, 9.17) is 14.5 Å². The third-order valence-electron chi connectivity index (χ3n) is 5.73. The molecule has 1 saturated heterocycles. The van der Waals surface area contributed by atoms with E-state index in [1.54, 1.807) is 6.92 Å². The number of carbonyl (C=O) groups excluding carboxylic acids is 1. The first-order valence-corrected chi connectivity index (χ1v) is 8.12. The molecule has 2 aromatic rings. The summed E-state index contributed by atoms with van der Waals surface area (Å²) in [6.07, 6.45) is 0. The number of rotatable bonds is 0. The standard InChI is InChI=1S/C20H17NO3/c1-12-21-18(2)19(3,23-12)24-20(18)16-11-7-6-9-14(16)13-8-4-5-10-15(13)17(20)22/h4-11H,1-3H3. The zero-order valence-electron chi connectivity index (χ0n) is 13.8. The first kappa shape index (κ1) is 13.9. The lowest BCUT2D eigenvalue weighted by Crippen LogP contribution is -2.78. The van der Waals surface area contributed by atoms with Gasteiger partial charge in [0, 0.05) is 25.0 Å². The van der Waals surface area contributed by atoms with Gasteiger partial charge in [0.2, 0.25) is 11.6 Å². The van der Waals surface area contributed by atoms with E-state index >= 15 is 0 Å². The number of fused-ring (bicyclic) bond motifs is 6. The van der Waals surface area contributed by atoms with Gasteiger partial charge in [-0.2, -0.15) is 0 Å². The number of benzene rings is 2. The molecule has 3 atom stereocenters. The van der Waals surface area contributed by atoms with Crippen LogP contribution in [0.15, 0.2) is 53.5 Å². The van der Waals surface area contributed by atoms with Crippen LogP contribution in [-0.4, -0.2) is 23.0 Å². The molecule has 4 nitrogen and oxygen atoms in total.